The lowest BCUT2D eigenvalue weighted by molar-refractivity contribution is 0.351. The summed E-state index contributed by atoms with van der Waals surface area (Å²) in [5.41, 5.74) is 5.44. The van der Waals surface area contributed by atoms with E-state index in [-0.39, 0.29) is 0 Å². The van der Waals surface area contributed by atoms with Crippen LogP contribution in [0.2, 0.25) is 0 Å². The highest BCUT2D eigenvalue weighted by Gasteiger charge is 2.13. The van der Waals surface area contributed by atoms with Gasteiger partial charge >= 0.3 is 0 Å². The van der Waals surface area contributed by atoms with Crippen LogP contribution in [0.25, 0.3) is 0 Å². The molecule has 0 unspecified atom stereocenters. The molecule has 0 aromatic carbocycles. The molecule has 0 spiro atoms. The van der Waals surface area contributed by atoms with Gasteiger partial charge < -0.3 is 10.6 Å². The Hall–Kier alpha value is -0.0800. The molecule has 0 saturated carbocycles. The first-order valence-electron chi connectivity index (χ1n) is 3.12. The van der Waals surface area contributed by atoms with Crippen LogP contribution in [0.15, 0.2) is 0 Å². The molecule has 0 aromatic heterocycles. The number of nitrogens with two attached hydrogens (primary N) is 1. The molecule has 1 heterocycles. The second kappa shape index (κ2) is 2.46. The Morgan fingerprint density at radius 1 is 1.75 bits per heavy atom. The van der Waals surface area contributed by atoms with Gasteiger partial charge in [0.05, 0.1) is 0 Å². The van der Waals surface area contributed by atoms with Gasteiger partial charge in [-0.2, -0.15) is 0 Å². The van der Waals surface area contributed by atoms with Crippen molar-refractivity contribution in [1.29, 1.82) is 0 Å². The van der Waals surface area contributed by atoms with Crippen molar-refractivity contribution >= 4 is 0 Å². The summed E-state index contributed by atoms with van der Waals surface area (Å²) in [5, 5.41) is 0. The lowest BCUT2D eigenvalue weighted by Crippen LogP contribution is -2.30. The zero-order chi connectivity index (χ0) is 5.98. The minimum absolute atomic E-state index is 0.565. The lowest BCUT2D eigenvalue weighted by Gasteiger charge is -2.25. The Bertz CT molecular complexity index is 72.9. The van der Waals surface area contributed by atoms with E-state index >= 15 is 0 Å². The molecule has 0 radical (unpaired) electrons. The highest BCUT2D eigenvalue weighted by atomic mass is 15.2. The maximum atomic E-state index is 5.44. The van der Waals surface area contributed by atoms with Gasteiger partial charge in [0.25, 0.3) is 0 Å². The first-order chi connectivity index (χ1) is 3.84. The van der Waals surface area contributed by atoms with E-state index < -0.39 is 0 Å². The Morgan fingerprint density at radius 3 is 2.75 bits per heavy atom. The van der Waals surface area contributed by atoms with Gasteiger partial charge in [-0.05, 0) is 25.4 Å². The van der Waals surface area contributed by atoms with Gasteiger partial charge in [-0.25, -0.2) is 0 Å². The fraction of sp³-hybridized carbons (Fsp3) is 0.833. The summed E-state index contributed by atoms with van der Waals surface area (Å²) in [6.07, 6.45) is 2.51. The van der Waals surface area contributed by atoms with Crippen molar-refractivity contribution in [2.75, 3.05) is 13.1 Å². The van der Waals surface area contributed by atoms with E-state index in [1.807, 2.05) is 0 Å². The van der Waals surface area contributed by atoms with Gasteiger partial charge in [0.15, 0.2) is 0 Å². The van der Waals surface area contributed by atoms with Gasteiger partial charge in [0, 0.05) is 6.54 Å². The van der Waals surface area contributed by atoms with Crippen molar-refractivity contribution < 1.29 is 0 Å². The molecule has 8 heavy (non-hydrogen) atoms. The third-order valence-corrected chi connectivity index (χ3v) is 1.77. The van der Waals surface area contributed by atoms with Crippen molar-refractivity contribution in [2.45, 2.75) is 18.9 Å². The first kappa shape index (κ1) is 6.05. The van der Waals surface area contributed by atoms with E-state index in [0.29, 0.717) is 6.04 Å². The van der Waals surface area contributed by atoms with Crippen LogP contribution in [0, 0.1) is 7.05 Å². The molecule has 48 valence electrons. The molecular formula is C6H13N2-. The molecule has 1 saturated heterocycles. The highest BCUT2D eigenvalue weighted by Crippen LogP contribution is 2.13. The van der Waals surface area contributed by atoms with Crippen molar-refractivity contribution in [3.8, 4) is 0 Å². The second-order valence-electron chi connectivity index (χ2n) is 2.34. The van der Waals surface area contributed by atoms with E-state index in [1.54, 1.807) is 0 Å². The van der Waals surface area contributed by atoms with Gasteiger partial charge in [0.1, 0.15) is 0 Å². The smallest absolute Gasteiger partial charge is 0.00556 e. The molecule has 0 aliphatic carbocycles. The van der Waals surface area contributed by atoms with Crippen LogP contribution in [0.3, 0.4) is 0 Å². The molecular weight excluding hydrogens is 100 g/mol. The fourth-order valence-electron chi connectivity index (χ4n) is 1.16. The normalized spacial score (nSPS) is 31.5. The third-order valence-electron chi connectivity index (χ3n) is 1.77. The Labute approximate surface area is 50.7 Å². The van der Waals surface area contributed by atoms with Crippen molar-refractivity contribution in [1.82, 2.24) is 4.90 Å². The maximum absolute atomic E-state index is 5.44. The average molecular weight is 113 g/mol. The van der Waals surface area contributed by atoms with Gasteiger partial charge in [-0.15, -0.1) is 0 Å². The van der Waals surface area contributed by atoms with Crippen LogP contribution in [0.5, 0.6) is 0 Å². The molecule has 1 rings (SSSR count). The number of nitrogens with zero attached hydrogens (tertiary/aromatic N) is 1. The number of hydrogen-bond donors (Lipinski definition) is 1. The molecule has 2 N–H and O–H groups in total. The maximum Gasteiger partial charge on any atom is 0.00556 e. The molecule has 2 nitrogen and oxygen atoms in total. The van der Waals surface area contributed by atoms with Crippen LogP contribution in [-0.2, 0) is 0 Å². The zero-order valence-corrected chi connectivity index (χ0v) is 5.14. The Morgan fingerprint density at radius 2 is 2.50 bits per heavy atom. The highest BCUT2D eigenvalue weighted by molar-refractivity contribution is 4.78. The monoisotopic (exact) mass is 113 g/mol. The molecule has 1 fully saturated rings. The zero-order valence-electron chi connectivity index (χ0n) is 5.14. The number of rotatable bonds is 1. The molecule has 2 heteroatoms. The largest absolute Gasteiger partial charge is 0.456 e. The minimum atomic E-state index is 0.565. The summed E-state index contributed by atoms with van der Waals surface area (Å²) in [7, 11) is 3.84. The third kappa shape index (κ3) is 1.01. The van der Waals surface area contributed by atoms with Crippen LogP contribution in [0.4, 0.5) is 0 Å². The summed E-state index contributed by atoms with van der Waals surface area (Å²) in [4.78, 5) is 2.08. The number of likely N-dealkylation sites (tertiary alicyclic amines) is 1. The quantitative estimate of drug-likeness (QED) is 0.492. The predicted octanol–water partition coefficient (Wildman–Crippen LogP) is 0.201. The summed E-state index contributed by atoms with van der Waals surface area (Å²) >= 11 is 0. The standard InChI is InChI=1S/C6H13N2/c1-8-4-2-3-6(8)5-7/h6H,1-5,7H2/q-1/t6-/m1/s1. The number of hydrogen-bond acceptors (Lipinski definition) is 2. The van der Waals surface area contributed by atoms with Crippen molar-refractivity contribution in [2.24, 2.45) is 5.73 Å². The van der Waals surface area contributed by atoms with Crippen molar-refractivity contribution in [3.05, 3.63) is 7.05 Å². The molecule has 1 aliphatic rings. The Balaban J connectivity index is 2.30. The first-order valence-corrected chi connectivity index (χ1v) is 3.12. The van der Waals surface area contributed by atoms with Gasteiger partial charge in [0.2, 0.25) is 0 Å². The topological polar surface area (TPSA) is 29.3 Å². The molecule has 1 atom stereocenters. The van der Waals surface area contributed by atoms with E-state index in [1.165, 1.54) is 12.8 Å². The van der Waals surface area contributed by atoms with Gasteiger partial charge in [-0.1, -0.05) is 0 Å². The fourth-order valence-corrected chi connectivity index (χ4v) is 1.16. The molecule has 0 aromatic rings. The van der Waals surface area contributed by atoms with Crippen LogP contribution < -0.4 is 5.73 Å². The van der Waals surface area contributed by atoms with Crippen molar-refractivity contribution in [3.63, 3.8) is 0 Å². The summed E-state index contributed by atoms with van der Waals surface area (Å²) in [6.45, 7) is 1.89. The van der Waals surface area contributed by atoms with Gasteiger partial charge in [-0.3, -0.25) is 7.05 Å². The van der Waals surface area contributed by atoms with Crippen LogP contribution in [0.1, 0.15) is 12.8 Å². The summed E-state index contributed by atoms with van der Waals surface area (Å²) in [6, 6.07) is 0.565. The minimum Gasteiger partial charge on any atom is -0.456 e. The van der Waals surface area contributed by atoms with Crippen LogP contribution >= 0.6 is 0 Å². The SMILES string of the molecule is [CH2-]N1CCC[C@@H]1CN. The van der Waals surface area contributed by atoms with E-state index in [4.69, 9.17) is 5.73 Å². The summed E-state index contributed by atoms with van der Waals surface area (Å²) < 4.78 is 0. The molecule has 0 bridgehead atoms. The van der Waals surface area contributed by atoms with E-state index in [9.17, 15) is 0 Å². The van der Waals surface area contributed by atoms with Crippen LogP contribution in [-0.4, -0.2) is 24.0 Å². The average Bonchev–Trinajstić information content (AvgIpc) is 2.14. The van der Waals surface area contributed by atoms with E-state index in [2.05, 4.69) is 11.9 Å². The van der Waals surface area contributed by atoms with E-state index in [0.717, 1.165) is 13.1 Å². The lowest BCUT2D eigenvalue weighted by atomic mass is 10.2. The Kier molecular flexibility index (Phi) is 1.86. The second-order valence-corrected chi connectivity index (χ2v) is 2.34. The molecule has 0 amide bonds. The predicted molar refractivity (Wildman–Crippen MR) is 34.1 cm³/mol. The summed E-state index contributed by atoms with van der Waals surface area (Å²) in [5.74, 6) is 0. The molecule has 1 aliphatic heterocycles.